The van der Waals surface area contributed by atoms with Gasteiger partial charge in [-0.15, -0.1) is 0 Å². The van der Waals surface area contributed by atoms with Gasteiger partial charge in [-0.2, -0.15) is 0 Å². The minimum Gasteiger partial charge on any atom is -0.370 e. The number of nitrogens with one attached hydrogen (secondary N) is 1. The van der Waals surface area contributed by atoms with Gasteiger partial charge in [-0.05, 0) is 48.0 Å². The molecule has 0 aliphatic carbocycles. The quantitative estimate of drug-likeness (QED) is 0.872. The molecule has 0 saturated heterocycles. The van der Waals surface area contributed by atoms with Crippen molar-refractivity contribution in [3.05, 3.63) is 63.3 Å². The number of anilines is 1. The molecule has 0 radical (unpaired) electrons. The average Bonchev–Trinajstić information content (AvgIpc) is 2.36. The number of carbonyl (C=O) groups is 1. The van der Waals surface area contributed by atoms with E-state index in [0.717, 1.165) is 4.47 Å². The van der Waals surface area contributed by atoms with Crippen molar-refractivity contribution < 1.29 is 9.18 Å². The fourth-order valence-electron chi connectivity index (χ4n) is 1.77. The number of nitrogens with two attached hydrogens (primary N) is 1. The van der Waals surface area contributed by atoms with E-state index >= 15 is 0 Å². The Morgan fingerprint density at radius 1 is 1.25 bits per heavy atom. The first-order valence-electron chi connectivity index (χ1n) is 5.73. The zero-order valence-electron chi connectivity index (χ0n) is 10.2. The Hall–Kier alpha value is -1.59. The molecule has 1 unspecified atom stereocenters. The van der Waals surface area contributed by atoms with Gasteiger partial charge in [-0.3, -0.25) is 4.79 Å². The van der Waals surface area contributed by atoms with Gasteiger partial charge in [0.25, 0.3) is 0 Å². The molecule has 0 aliphatic rings. The summed E-state index contributed by atoms with van der Waals surface area (Å²) in [5.74, 6) is -1.13. The van der Waals surface area contributed by atoms with Gasteiger partial charge in [0.2, 0.25) is 5.91 Å². The van der Waals surface area contributed by atoms with Crippen LogP contribution in [0.15, 0.2) is 46.9 Å². The second-order valence-electron chi connectivity index (χ2n) is 4.19. The minimum atomic E-state index is -0.857. The standard InChI is InChI=1S/C14H11BrClFN2O/c15-9-1-3-12(4-2-9)19-13(14(18)20)8-5-10(16)7-11(17)6-8/h1-7,13,19H,(H2,18,20). The van der Waals surface area contributed by atoms with Gasteiger partial charge in [-0.1, -0.05) is 27.5 Å². The van der Waals surface area contributed by atoms with Crippen LogP contribution in [-0.4, -0.2) is 5.91 Å². The van der Waals surface area contributed by atoms with E-state index in [-0.39, 0.29) is 5.02 Å². The Labute approximate surface area is 129 Å². The fourth-order valence-corrected chi connectivity index (χ4v) is 2.27. The fraction of sp³-hybridized carbons (Fsp3) is 0.0714. The number of primary amides is 1. The summed E-state index contributed by atoms with van der Waals surface area (Å²) in [5, 5.41) is 3.17. The monoisotopic (exact) mass is 356 g/mol. The lowest BCUT2D eigenvalue weighted by Crippen LogP contribution is -2.27. The van der Waals surface area contributed by atoms with E-state index in [2.05, 4.69) is 21.2 Å². The number of rotatable bonds is 4. The van der Waals surface area contributed by atoms with E-state index < -0.39 is 17.8 Å². The van der Waals surface area contributed by atoms with Crippen LogP contribution in [0.1, 0.15) is 11.6 Å². The molecule has 2 rings (SSSR count). The molecule has 0 fully saturated rings. The molecule has 0 spiro atoms. The van der Waals surface area contributed by atoms with Crippen LogP contribution >= 0.6 is 27.5 Å². The number of halogens is 3. The Bertz CT molecular complexity index is 613. The first-order valence-corrected chi connectivity index (χ1v) is 6.90. The highest BCUT2D eigenvalue weighted by Crippen LogP contribution is 2.24. The lowest BCUT2D eigenvalue weighted by atomic mass is 10.1. The molecule has 104 valence electrons. The van der Waals surface area contributed by atoms with Crippen molar-refractivity contribution in [2.75, 3.05) is 5.32 Å². The first kappa shape index (κ1) is 14.8. The van der Waals surface area contributed by atoms with Crippen LogP contribution in [-0.2, 0) is 4.79 Å². The molecule has 0 aromatic heterocycles. The number of hydrogen-bond acceptors (Lipinski definition) is 2. The molecule has 0 saturated carbocycles. The van der Waals surface area contributed by atoms with Crippen LogP contribution in [0.3, 0.4) is 0 Å². The van der Waals surface area contributed by atoms with Crippen molar-refractivity contribution in [2.24, 2.45) is 5.73 Å². The van der Waals surface area contributed by atoms with E-state index in [9.17, 15) is 9.18 Å². The van der Waals surface area contributed by atoms with Gasteiger partial charge in [0.1, 0.15) is 11.9 Å². The van der Waals surface area contributed by atoms with Gasteiger partial charge in [0.05, 0.1) is 0 Å². The largest absolute Gasteiger partial charge is 0.370 e. The predicted octanol–water partition coefficient (Wildman–Crippen LogP) is 3.88. The molecule has 1 atom stereocenters. The maximum Gasteiger partial charge on any atom is 0.244 e. The highest BCUT2D eigenvalue weighted by Gasteiger charge is 2.19. The van der Waals surface area contributed by atoms with Crippen molar-refractivity contribution in [1.29, 1.82) is 0 Å². The van der Waals surface area contributed by atoms with Crippen molar-refractivity contribution in [3.63, 3.8) is 0 Å². The molecular weight excluding hydrogens is 347 g/mol. The highest BCUT2D eigenvalue weighted by molar-refractivity contribution is 9.10. The second-order valence-corrected chi connectivity index (χ2v) is 5.54. The van der Waals surface area contributed by atoms with Crippen LogP contribution in [0, 0.1) is 5.82 Å². The molecule has 3 N–H and O–H groups in total. The third-order valence-electron chi connectivity index (χ3n) is 2.66. The van der Waals surface area contributed by atoms with Crippen LogP contribution in [0.5, 0.6) is 0 Å². The summed E-state index contributed by atoms with van der Waals surface area (Å²) >= 11 is 9.11. The molecule has 6 heteroatoms. The van der Waals surface area contributed by atoms with Crippen molar-refractivity contribution in [2.45, 2.75) is 6.04 Å². The van der Waals surface area contributed by atoms with Gasteiger partial charge >= 0.3 is 0 Å². The molecule has 2 aromatic carbocycles. The smallest absolute Gasteiger partial charge is 0.244 e. The minimum absolute atomic E-state index is 0.212. The zero-order valence-corrected chi connectivity index (χ0v) is 12.6. The predicted molar refractivity (Wildman–Crippen MR) is 81.1 cm³/mol. The van der Waals surface area contributed by atoms with Crippen LogP contribution < -0.4 is 11.1 Å². The van der Waals surface area contributed by atoms with Crippen molar-refractivity contribution in [3.8, 4) is 0 Å². The number of amides is 1. The second kappa shape index (κ2) is 6.24. The van der Waals surface area contributed by atoms with Gasteiger partial charge < -0.3 is 11.1 Å². The third-order valence-corrected chi connectivity index (χ3v) is 3.40. The van der Waals surface area contributed by atoms with E-state index in [1.807, 2.05) is 12.1 Å². The summed E-state index contributed by atoms with van der Waals surface area (Å²) in [4.78, 5) is 11.6. The summed E-state index contributed by atoms with van der Waals surface area (Å²) in [6, 6.07) is 10.2. The lowest BCUT2D eigenvalue weighted by molar-refractivity contribution is -0.118. The van der Waals surface area contributed by atoms with E-state index in [1.165, 1.54) is 18.2 Å². The molecule has 0 aliphatic heterocycles. The summed E-state index contributed by atoms with van der Waals surface area (Å²) in [7, 11) is 0. The van der Waals surface area contributed by atoms with Crippen LogP contribution in [0.25, 0.3) is 0 Å². The maximum absolute atomic E-state index is 13.4. The Balaban J connectivity index is 2.31. The lowest BCUT2D eigenvalue weighted by Gasteiger charge is -2.17. The summed E-state index contributed by atoms with van der Waals surface area (Å²) in [6.07, 6.45) is 0. The topological polar surface area (TPSA) is 55.1 Å². The normalized spacial score (nSPS) is 11.9. The van der Waals surface area contributed by atoms with Crippen molar-refractivity contribution in [1.82, 2.24) is 0 Å². The first-order chi connectivity index (χ1) is 9.45. The molecule has 0 heterocycles. The molecule has 20 heavy (non-hydrogen) atoms. The summed E-state index contributed by atoms with van der Waals surface area (Å²) in [5.41, 5.74) is 6.44. The average molecular weight is 358 g/mol. The number of hydrogen-bond donors (Lipinski definition) is 2. The zero-order chi connectivity index (χ0) is 14.7. The Morgan fingerprint density at radius 3 is 2.45 bits per heavy atom. The van der Waals surface area contributed by atoms with Crippen molar-refractivity contribution >= 4 is 39.1 Å². The van der Waals surface area contributed by atoms with Gasteiger partial charge in [0, 0.05) is 15.2 Å². The SMILES string of the molecule is NC(=O)C(Nc1ccc(Br)cc1)c1cc(F)cc(Cl)c1. The molecule has 0 bridgehead atoms. The van der Waals surface area contributed by atoms with Gasteiger partial charge in [-0.25, -0.2) is 4.39 Å². The molecule has 1 amide bonds. The highest BCUT2D eigenvalue weighted by atomic mass is 79.9. The summed E-state index contributed by atoms with van der Waals surface area (Å²) < 4.78 is 14.3. The van der Waals surface area contributed by atoms with E-state index in [0.29, 0.717) is 11.3 Å². The number of carbonyl (C=O) groups excluding carboxylic acids is 1. The third kappa shape index (κ3) is 3.71. The summed E-state index contributed by atoms with van der Waals surface area (Å²) in [6.45, 7) is 0. The molecule has 2 aromatic rings. The Morgan fingerprint density at radius 2 is 1.90 bits per heavy atom. The molecule has 3 nitrogen and oxygen atoms in total. The number of benzene rings is 2. The molecular formula is C14H11BrClFN2O. The maximum atomic E-state index is 13.4. The Kier molecular flexibility index (Phi) is 4.62. The van der Waals surface area contributed by atoms with Crippen LogP contribution in [0.2, 0.25) is 5.02 Å². The van der Waals surface area contributed by atoms with E-state index in [4.69, 9.17) is 17.3 Å². The van der Waals surface area contributed by atoms with Gasteiger partial charge in [0.15, 0.2) is 0 Å². The van der Waals surface area contributed by atoms with E-state index in [1.54, 1.807) is 12.1 Å². The van der Waals surface area contributed by atoms with Crippen LogP contribution in [0.4, 0.5) is 10.1 Å².